The van der Waals surface area contributed by atoms with Crippen LogP contribution in [0.1, 0.15) is 19.3 Å². The van der Waals surface area contributed by atoms with Crippen LogP contribution in [0.5, 0.6) is 0 Å². The van der Waals surface area contributed by atoms with Gasteiger partial charge in [-0.2, -0.15) is 0 Å². The van der Waals surface area contributed by atoms with Gasteiger partial charge in [-0.05, 0) is 25.8 Å². The highest BCUT2D eigenvalue weighted by molar-refractivity contribution is 5.79. The molecule has 3 heteroatoms. The minimum Gasteiger partial charge on any atom is -0.342 e. The normalized spacial score (nSPS) is 29.7. The maximum atomic E-state index is 11.7. The molecule has 0 spiro atoms. The van der Waals surface area contributed by atoms with Crippen molar-refractivity contribution in [3.8, 4) is 0 Å². The lowest BCUT2D eigenvalue weighted by Gasteiger charge is -2.35. The molecule has 0 aromatic heterocycles. The van der Waals surface area contributed by atoms with Crippen LogP contribution in [0.25, 0.3) is 0 Å². The van der Waals surface area contributed by atoms with E-state index in [0.29, 0.717) is 5.91 Å². The summed E-state index contributed by atoms with van der Waals surface area (Å²) >= 11 is 0. The topological polar surface area (TPSA) is 32.3 Å². The van der Waals surface area contributed by atoms with Crippen LogP contribution in [0, 0.1) is 5.92 Å². The molecule has 0 aromatic carbocycles. The summed E-state index contributed by atoms with van der Waals surface area (Å²) in [6.07, 6.45) is 3.44. The second kappa shape index (κ2) is 3.44. The van der Waals surface area contributed by atoms with Gasteiger partial charge in [-0.1, -0.05) is 0 Å². The highest BCUT2D eigenvalue weighted by Crippen LogP contribution is 2.17. The summed E-state index contributed by atoms with van der Waals surface area (Å²) in [6.45, 7) is 3.98. The van der Waals surface area contributed by atoms with E-state index in [1.165, 1.54) is 6.42 Å². The van der Waals surface area contributed by atoms with E-state index < -0.39 is 0 Å². The molecule has 1 N–H and O–H groups in total. The smallest absolute Gasteiger partial charge is 0.226 e. The highest BCUT2D eigenvalue weighted by atomic mass is 16.2. The number of hydrogen-bond donors (Lipinski definition) is 1. The SMILES string of the molecule is O=C([C@H]1CCCNC1)N1CCC1. The van der Waals surface area contributed by atoms with Gasteiger partial charge in [0, 0.05) is 19.6 Å². The molecule has 2 aliphatic heterocycles. The lowest BCUT2D eigenvalue weighted by molar-refractivity contribution is -0.139. The first-order chi connectivity index (χ1) is 5.88. The molecule has 0 bridgehead atoms. The Kier molecular flexibility index (Phi) is 2.30. The van der Waals surface area contributed by atoms with Gasteiger partial charge in [0.05, 0.1) is 5.92 Å². The van der Waals surface area contributed by atoms with E-state index in [9.17, 15) is 4.79 Å². The minimum atomic E-state index is 0.277. The van der Waals surface area contributed by atoms with Crippen molar-refractivity contribution in [1.29, 1.82) is 0 Å². The zero-order chi connectivity index (χ0) is 8.39. The van der Waals surface area contributed by atoms with Gasteiger partial charge in [0.15, 0.2) is 0 Å². The van der Waals surface area contributed by atoms with Gasteiger partial charge in [-0.3, -0.25) is 4.79 Å². The third kappa shape index (κ3) is 1.46. The quantitative estimate of drug-likeness (QED) is 0.607. The number of carbonyl (C=O) groups excluding carboxylic acids is 1. The van der Waals surface area contributed by atoms with Crippen molar-refractivity contribution >= 4 is 5.91 Å². The van der Waals surface area contributed by atoms with Gasteiger partial charge >= 0.3 is 0 Å². The summed E-state index contributed by atoms with van der Waals surface area (Å²) < 4.78 is 0. The Bertz CT molecular complexity index is 171. The molecular weight excluding hydrogens is 152 g/mol. The van der Waals surface area contributed by atoms with Crippen molar-refractivity contribution in [3.05, 3.63) is 0 Å². The molecule has 3 nitrogen and oxygen atoms in total. The van der Waals surface area contributed by atoms with E-state index in [-0.39, 0.29) is 5.92 Å². The van der Waals surface area contributed by atoms with Gasteiger partial charge in [-0.15, -0.1) is 0 Å². The van der Waals surface area contributed by atoms with Gasteiger partial charge < -0.3 is 10.2 Å². The zero-order valence-electron chi connectivity index (χ0n) is 7.38. The van der Waals surface area contributed by atoms with E-state index in [1.807, 2.05) is 4.90 Å². The Balaban J connectivity index is 1.84. The lowest BCUT2D eigenvalue weighted by atomic mass is 9.97. The summed E-state index contributed by atoms with van der Waals surface area (Å²) in [4.78, 5) is 13.7. The van der Waals surface area contributed by atoms with Crippen molar-refractivity contribution in [1.82, 2.24) is 10.2 Å². The second-order valence-corrected chi connectivity index (χ2v) is 3.72. The molecule has 2 heterocycles. The fraction of sp³-hybridized carbons (Fsp3) is 0.889. The number of rotatable bonds is 1. The van der Waals surface area contributed by atoms with Crippen LogP contribution < -0.4 is 5.32 Å². The number of amides is 1. The van der Waals surface area contributed by atoms with Crippen LogP contribution in [0.3, 0.4) is 0 Å². The fourth-order valence-corrected chi connectivity index (χ4v) is 1.86. The van der Waals surface area contributed by atoms with Gasteiger partial charge in [0.1, 0.15) is 0 Å². The summed E-state index contributed by atoms with van der Waals surface area (Å²) in [7, 11) is 0. The van der Waals surface area contributed by atoms with Gasteiger partial charge in [0.25, 0.3) is 0 Å². The Morgan fingerprint density at radius 3 is 2.67 bits per heavy atom. The van der Waals surface area contributed by atoms with Gasteiger partial charge in [-0.25, -0.2) is 0 Å². The number of hydrogen-bond acceptors (Lipinski definition) is 2. The van der Waals surface area contributed by atoms with E-state index in [4.69, 9.17) is 0 Å². The predicted molar refractivity (Wildman–Crippen MR) is 46.8 cm³/mol. The molecule has 0 saturated carbocycles. The predicted octanol–water partition coefficient (Wildman–Crippen LogP) is 0.218. The molecule has 2 saturated heterocycles. The molecule has 0 unspecified atom stereocenters. The largest absolute Gasteiger partial charge is 0.342 e. The van der Waals surface area contributed by atoms with Crippen LogP contribution in [-0.2, 0) is 4.79 Å². The Labute approximate surface area is 73.1 Å². The number of piperidine rings is 1. The van der Waals surface area contributed by atoms with Gasteiger partial charge in [0.2, 0.25) is 5.91 Å². The maximum absolute atomic E-state index is 11.7. The van der Waals surface area contributed by atoms with Crippen LogP contribution in [0.15, 0.2) is 0 Å². The van der Waals surface area contributed by atoms with E-state index in [0.717, 1.165) is 39.0 Å². The van der Waals surface area contributed by atoms with Crippen molar-refractivity contribution in [2.45, 2.75) is 19.3 Å². The molecule has 68 valence electrons. The zero-order valence-corrected chi connectivity index (χ0v) is 7.38. The van der Waals surface area contributed by atoms with Crippen LogP contribution in [-0.4, -0.2) is 37.0 Å². The third-order valence-corrected chi connectivity index (χ3v) is 2.81. The Morgan fingerprint density at radius 2 is 2.17 bits per heavy atom. The first-order valence-electron chi connectivity index (χ1n) is 4.87. The Morgan fingerprint density at radius 1 is 1.33 bits per heavy atom. The van der Waals surface area contributed by atoms with Crippen LogP contribution >= 0.6 is 0 Å². The van der Waals surface area contributed by atoms with Crippen LogP contribution in [0.2, 0.25) is 0 Å². The molecule has 1 atom stereocenters. The average molecular weight is 168 g/mol. The highest BCUT2D eigenvalue weighted by Gasteiger charge is 2.28. The number of carbonyl (C=O) groups is 1. The van der Waals surface area contributed by atoms with E-state index >= 15 is 0 Å². The van der Waals surface area contributed by atoms with Crippen molar-refractivity contribution < 1.29 is 4.79 Å². The van der Waals surface area contributed by atoms with E-state index in [2.05, 4.69) is 5.32 Å². The lowest BCUT2D eigenvalue weighted by Crippen LogP contribution is -2.48. The third-order valence-electron chi connectivity index (χ3n) is 2.81. The molecule has 12 heavy (non-hydrogen) atoms. The summed E-state index contributed by atoms with van der Waals surface area (Å²) in [5, 5.41) is 3.27. The molecular formula is C9H16N2O. The molecule has 2 fully saturated rings. The number of nitrogens with zero attached hydrogens (tertiary/aromatic N) is 1. The fourth-order valence-electron chi connectivity index (χ4n) is 1.86. The van der Waals surface area contributed by atoms with Crippen molar-refractivity contribution in [2.75, 3.05) is 26.2 Å². The second-order valence-electron chi connectivity index (χ2n) is 3.72. The van der Waals surface area contributed by atoms with Crippen molar-refractivity contribution in [2.24, 2.45) is 5.92 Å². The minimum absolute atomic E-state index is 0.277. The number of nitrogens with one attached hydrogen (secondary N) is 1. The molecule has 2 aliphatic rings. The summed E-state index contributed by atoms with van der Waals surface area (Å²) in [5.41, 5.74) is 0. The molecule has 0 aliphatic carbocycles. The molecule has 1 amide bonds. The summed E-state index contributed by atoms with van der Waals surface area (Å²) in [6, 6.07) is 0. The maximum Gasteiger partial charge on any atom is 0.226 e. The van der Waals surface area contributed by atoms with Crippen LogP contribution in [0.4, 0.5) is 0 Å². The van der Waals surface area contributed by atoms with Crippen molar-refractivity contribution in [3.63, 3.8) is 0 Å². The monoisotopic (exact) mass is 168 g/mol. The standard InChI is InChI=1S/C9H16N2O/c12-9(11-5-2-6-11)8-3-1-4-10-7-8/h8,10H,1-7H2/t8-/m0/s1. The summed E-state index contributed by atoms with van der Waals surface area (Å²) in [5.74, 6) is 0.660. The molecule has 0 aromatic rings. The first kappa shape index (κ1) is 8.05. The van der Waals surface area contributed by atoms with E-state index in [1.54, 1.807) is 0 Å². The number of likely N-dealkylation sites (tertiary alicyclic amines) is 1. The molecule has 2 rings (SSSR count). The molecule has 0 radical (unpaired) electrons. The first-order valence-corrected chi connectivity index (χ1v) is 4.87. The Hall–Kier alpha value is -0.570. The average Bonchev–Trinajstić information content (AvgIpc) is 2.03.